The Morgan fingerprint density at radius 2 is 2.14 bits per heavy atom. The summed E-state index contributed by atoms with van der Waals surface area (Å²) in [5, 5.41) is 11.2. The quantitative estimate of drug-likeness (QED) is 0.652. The van der Waals surface area contributed by atoms with Crippen LogP contribution >= 0.6 is 11.8 Å². The summed E-state index contributed by atoms with van der Waals surface area (Å²) in [6.07, 6.45) is 0.702. The van der Waals surface area contributed by atoms with E-state index in [9.17, 15) is 4.79 Å². The fraction of sp³-hybridized carbons (Fsp3) is 0.400. The Morgan fingerprint density at radius 3 is 2.73 bits per heavy atom. The van der Waals surface area contributed by atoms with E-state index in [0.29, 0.717) is 17.4 Å². The fourth-order valence-corrected chi connectivity index (χ4v) is 2.82. The largest absolute Gasteiger partial charge is 0.336 e. The molecule has 1 aromatic heterocycles. The first-order valence-corrected chi connectivity index (χ1v) is 8.04. The van der Waals surface area contributed by atoms with Gasteiger partial charge in [-0.1, -0.05) is 36.4 Å². The number of thioether (sulfide) groups is 1. The number of hydrogen-bond donors (Lipinski definition) is 2. The molecule has 0 bridgehead atoms. The van der Waals surface area contributed by atoms with Gasteiger partial charge >= 0.3 is 0 Å². The number of benzene rings is 1. The van der Waals surface area contributed by atoms with Crippen molar-refractivity contribution in [1.82, 2.24) is 14.9 Å². The fourth-order valence-electron chi connectivity index (χ4n) is 2.03. The maximum absolute atomic E-state index is 12.3. The highest BCUT2D eigenvalue weighted by atomic mass is 32.2. The highest BCUT2D eigenvalue weighted by Gasteiger charge is 2.19. The van der Waals surface area contributed by atoms with Crippen molar-refractivity contribution in [2.45, 2.75) is 44.5 Å². The summed E-state index contributed by atoms with van der Waals surface area (Å²) in [5.41, 5.74) is 3.04. The highest BCUT2D eigenvalue weighted by Crippen LogP contribution is 2.23. The van der Waals surface area contributed by atoms with Crippen LogP contribution in [0.1, 0.15) is 30.8 Å². The molecule has 0 radical (unpaired) electrons. The number of nitrogens with zero attached hydrogens (tertiary/aromatic N) is 3. The molecule has 1 unspecified atom stereocenters. The Morgan fingerprint density at radius 1 is 1.41 bits per heavy atom. The van der Waals surface area contributed by atoms with Crippen LogP contribution in [-0.2, 0) is 11.2 Å². The normalized spacial score (nSPS) is 12.2. The van der Waals surface area contributed by atoms with Crippen LogP contribution in [0.15, 0.2) is 23.4 Å². The minimum absolute atomic E-state index is 0.0852. The van der Waals surface area contributed by atoms with Crippen LogP contribution < -0.4 is 11.2 Å². The molecule has 0 saturated carbocycles. The number of rotatable bonds is 5. The maximum Gasteiger partial charge on any atom is 0.237 e. The third-order valence-electron chi connectivity index (χ3n) is 3.34. The lowest BCUT2D eigenvalue weighted by Crippen LogP contribution is -2.24. The summed E-state index contributed by atoms with van der Waals surface area (Å²) in [6.45, 7) is 7.78. The monoisotopic (exact) mass is 319 g/mol. The Balaban J connectivity index is 2.04. The van der Waals surface area contributed by atoms with Gasteiger partial charge in [-0.05, 0) is 32.4 Å². The van der Waals surface area contributed by atoms with Gasteiger partial charge in [0.05, 0.1) is 5.25 Å². The van der Waals surface area contributed by atoms with Crippen molar-refractivity contribution in [2.24, 2.45) is 0 Å². The molecular formula is C15H21N5OS. The van der Waals surface area contributed by atoms with E-state index < -0.39 is 0 Å². The minimum Gasteiger partial charge on any atom is -0.336 e. The Labute approximate surface area is 134 Å². The SMILES string of the molecule is CCc1nnc(SC(C)C(=O)Nc2ccc(C)cc2C)n1N. The van der Waals surface area contributed by atoms with Crippen LogP contribution in [-0.4, -0.2) is 26.0 Å². The lowest BCUT2D eigenvalue weighted by molar-refractivity contribution is -0.115. The number of aromatic nitrogens is 3. The summed E-state index contributed by atoms with van der Waals surface area (Å²) < 4.78 is 1.44. The molecule has 7 heteroatoms. The molecule has 118 valence electrons. The molecular weight excluding hydrogens is 298 g/mol. The second-order valence-electron chi connectivity index (χ2n) is 5.19. The van der Waals surface area contributed by atoms with Gasteiger partial charge < -0.3 is 11.2 Å². The predicted molar refractivity (Wildman–Crippen MR) is 89.4 cm³/mol. The first kappa shape index (κ1) is 16.4. The van der Waals surface area contributed by atoms with E-state index in [2.05, 4.69) is 15.5 Å². The number of nitrogens with one attached hydrogen (secondary N) is 1. The molecule has 0 saturated heterocycles. The van der Waals surface area contributed by atoms with Crippen molar-refractivity contribution < 1.29 is 4.79 Å². The third-order valence-corrected chi connectivity index (χ3v) is 4.40. The highest BCUT2D eigenvalue weighted by molar-refractivity contribution is 8.00. The summed E-state index contributed by atoms with van der Waals surface area (Å²) in [5.74, 6) is 6.51. The average molecular weight is 319 g/mol. The van der Waals surface area contributed by atoms with Gasteiger partial charge in [0, 0.05) is 12.1 Å². The van der Waals surface area contributed by atoms with E-state index in [1.54, 1.807) is 0 Å². The lowest BCUT2D eigenvalue weighted by atomic mass is 10.1. The first-order valence-electron chi connectivity index (χ1n) is 7.16. The lowest BCUT2D eigenvalue weighted by Gasteiger charge is -2.13. The van der Waals surface area contributed by atoms with E-state index in [1.807, 2.05) is 45.9 Å². The van der Waals surface area contributed by atoms with Crippen LogP contribution in [0.2, 0.25) is 0 Å². The van der Waals surface area contributed by atoms with Gasteiger partial charge in [-0.3, -0.25) is 4.79 Å². The van der Waals surface area contributed by atoms with E-state index in [0.717, 1.165) is 11.3 Å². The number of carbonyl (C=O) groups is 1. The topological polar surface area (TPSA) is 85.8 Å². The minimum atomic E-state index is -0.322. The van der Waals surface area contributed by atoms with E-state index >= 15 is 0 Å². The van der Waals surface area contributed by atoms with Crippen molar-refractivity contribution in [3.05, 3.63) is 35.2 Å². The Hall–Kier alpha value is -2.02. The molecule has 1 heterocycles. The van der Waals surface area contributed by atoms with Gasteiger partial charge in [-0.25, -0.2) is 4.68 Å². The van der Waals surface area contributed by atoms with E-state index in [-0.39, 0.29) is 11.2 Å². The Bertz CT molecular complexity index is 683. The smallest absolute Gasteiger partial charge is 0.237 e. The number of nitrogen functional groups attached to an aromatic ring is 1. The number of nitrogens with two attached hydrogens (primary N) is 1. The van der Waals surface area contributed by atoms with Crippen LogP contribution in [0.25, 0.3) is 0 Å². The predicted octanol–water partition coefficient (Wildman–Crippen LogP) is 2.29. The molecule has 0 fully saturated rings. The Kier molecular flexibility index (Phi) is 5.07. The summed E-state index contributed by atoms with van der Waals surface area (Å²) in [6, 6.07) is 5.93. The number of aryl methyl sites for hydroxylation is 3. The molecule has 0 aliphatic heterocycles. The van der Waals surface area contributed by atoms with Gasteiger partial charge in [0.15, 0.2) is 5.82 Å². The zero-order valence-corrected chi connectivity index (χ0v) is 14.1. The van der Waals surface area contributed by atoms with Gasteiger partial charge in [-0.2, -0.15) is 0 Å². The van der Waals surface area contributed by atoms with Gasteiger partial charge in [0.25, 0.3) is 0 Å². The molecule has 0 aliphatic rings. The van der Waals surface area contributed by atoms with E-state index in [1.165, 1.54) is 22.0 Å². The molecule has 6 nitrogen and oxygen atoms in total. The average Bonchev–Trinajstić information content (AvgIpc) is 2.82. The van der Waals surface area contributed by atoms with Crippen LogP contribution in [0.3, 0.4) is 0 Å². The molecule has 1 aromatic carbocycles. The van der Waals surface area contributed by atoms with Crippen LogP contribution in [0.5, 0.6) is 0 Å². The molecule has 1 amide bonds. The van der Waals surface area contributed by atoms with Crippen molar-refractivity contribution in [1.29, 1.82) is 0 Å². The number of carbonyl (C=O) groups excluding carboxylic acids is 1. The summed E-state index contributed by atoms with van der Waals surface area (Å²) in [4.78, 5) is 12.3. The first-order chi connectivity index (χ1) is 10.4. The second-order valence-corrected chi connectivity index (χ2v) is 6.50. The van der Waals surface area contributed by atoms with Crippen molar-refractivity contribution >= 4 is 23.4 Å². The molecule has 0 spiro atoms. The third kappa shape index (κ3) is 3.59. The van der Waals surface area contributed by atoms with Crippen LogP contribution in [0.4, 0.5) is 5.69 Å². The van der Waals surface area contributed by atoms with Crippen molar-refractivity contribution in [3.8, 4) is 0 Å². The van der Waals surface area contributed by atoms with Gasteiger partial charge in [0.1, 0.15) is 0 Å². The summed E-state index contributed by atoms with van der Waals surface area (Å²) in [7, 11) is 0. The number of hydrogen-bond acceptors (Lipinski definition) is 5. The van der Waals surface area contributed by atoms with E-state index in [4.69, 9.17) is 5.84 Å². The molecule has 22 heavy (non-hydrogen) atoms. The number of amides is 1. The molecule has 1 atom stereocenters. The summed E-state index contributed by atoms with van der Waals surface area (Å²) >= 11 is 1.30. The zero-order valence-electron chi connectivity index (χ0n) is 13.3. The van der Waals surface area contributed by atoms with Crippen molar-refractivity contribution in [2.75, 3.05) is 11.2 Å². The van der Waals surface area contributed by atoms with Gasteiger partial charge in [0.2, 0.25) is 11.1 Å². The van der Waals surface area contributed by atoms with Gasteiger partial charge in [-0.15, -0.1) is 10.2 Å². The molecule has 3 N–H and O–H groups in total. The standard InChI is InChI=1S/C15H21N5OS/c1-5-13-18-19-15(20(13)16)22-11(4)14(21)17-12-7-6-9(2)8-10(12)3/h6-8,11H,5,16H2,1-4H3,(H,17,21). The maximum atomic E-state index is 12.3. The zero-order chi connectivity index (χ0) is 16.3. The molecule has 2 rings (SSSR count). The van der Waals surface area contributed by atoms with Crippen LogP contribution in [0, 0.1) is 13.8 Å². The second kappa shape index (κ2) is 6.83. The number of anilines is 1. The molecule has 0 aliphatic carbocycles. The van der Waals surface area contributed by atoms with Crippen molar-refractivity contribution in [3.63, 3.8) is 0 Å². The molecule has 2 aromatic rings.